The Hall–Kier alpha value is -4.05. The van der Waals surface area contributed by atoms with Gasteiger partial charge in [0.05, 0.1) is 17.6 Å². The number of nitrogens with two attached hydrogens (primary N) is 2. The normalized spacial score (nSPS) is 12.7. The molecular weight excluding hydrogens is 443 g/mol. The number of aryl methyl sites for hydroxylation is 1. The van der Waals surface area contributed by atoms with Crippen molar-refractivity contribution >= 4 is 45.4 Å². The van der Waals surface area contributed by atoms with Crippen molar-refractivity contribution in [1.29, 1.82) is 0 Å². The molecule has 0 atom stereocenters. The van der Waals surface area contributed by atoms with Gasteiger partial charge in [0, 0.05) is 5.56 Å². The summed E-state index contributed by atoms with van der Waals surface area (Å²) in [5.74, 6) is -0.295. The molecule has 10 heteroatoms. The largest absolute Gasteiger partial charge is 0.508 e. The molecule has 6 N–H and O–H groups in total. The van der Waals surface area contributed by atoms with E-state index in [0.717, 1.165) is 16.9 Å². The number of hydrogen-bond acceptors (Lipinski definition) is 6. The van der Waals surface area contributed by atoms with Crippen molar-refractivity contribution in [3.05, 3.63) is 76.1 Å². The lowest BCUT2D eigenvalue weighted by molar-refractivity contribution is 0.103. The number of nitrogens with zero attached hydrogens (tertiary/aromatic N) is 3. The Morgan fingerprint density at radius 1 is 1.15 bits per heavy atom. The molecule has 3 aromatic rings. The third kappa shape index (κ3) is 6.01. The maximum atomic E-state index is 13.0. The highest BCUT2D eigenvalue weighted by molar-refractivity contribution is 7.17. The molecule has 8 nitrogen and oxygen atoms in total. The van der Waals surface area contributed by atoms with E-state index in [0.29, 0.717) is 32.5 Å². The van der Waals surface area contributed by atoms with Crippen molar-refractivity contribution in [2.24, 2.45) is 21.5 Å². The van der Waals surface area contributed by atoms with Crippen LogP contribution in [-0.4, -0.2) is 27.7 Å². The summed E-state index contributed by atoms with van der Waals surface area (Å²) in [4.78, 5) is 25.5. The van der Waals surface area contributed by atoms with Crippen LogP contribution in [0.5, 0.6) is 5.75 Å². The molecule has 2 aromatic carbocycles. The number of aromatic nitrogens is 1. The summed E-state index contributed by atoms with van der Waals surface area (Å²) in [5.41, 5.74) is 15.0. The number of nitrogens with one attached hydrogen (secondary N) is 1. The lowest BCUT2D eigenvalue weighted by Gasteiger charge is -2.11. The second kappa shape index (κ2) is 10.0. The first-order valence-corrected chi connectivity index (χ1v) is 10.6. The molecule has 0 aliphatic rings. The Bertz CT molecular complexity index is 1280. The summed E-state index contributed by atoms with van der Waals surface area (Å²) in [7, 11) is 0. The molecule has 0 unspecified atom stereocenters. The van der Waals surface area contributed by atoms with Crippen molar-refractivity contribution < 1.29 is 14.3 Å². The molecule has 0 saturated carbocycles. The highest BCUT2D eigenvalue weighted by Crippen LogP contribution is 2.29. The maximum Gasteiger partial charge on any atom is 0.267 e. The Morgan fingerprint density at radius 2 is 1.85 bits per heavy atom. The van der Waals surface area contributed by atoms with E-state index >= 15 is 0 Å². The zero-order chi connectivity index (χ0) is 24.1. The minimum Gasteiger partial charge on any atom is -0.508 e. The molecule has 1 heterocycles. The summed E-state index contributed by atoms with van der Waals surface area (Å²) in [6.45, 7) is 5.27. The van der Waals surface area contributed by atoms with Gasteiger partial charge in [0.25, 0.3) is 5.91 Å². The highest BCUT2D eigenvalue weighted by Gasteiger charge is 2.15. The van der Waals surface area contributed by atoms with Crippen LogP contribution in [0.2, 0.25) is 0 Å². The summed E-state index contributed by atoms with van der Waals surface area (Å²) in [6, 6.07) is 8.89. The van der Waals surface area contributed by atoms with Gasteiger partial charge in [0.2, 0.25) is 5.13 Å². The zero-order valence-electron chi connectivity index (χ0n) is 18.3. The molecule has 0 spiro atoms. The van der Waals surface area contributed by atoms with E-state index in [2.05, 4.69) is 20.3 Å². The Balaban J connectivity index is 1.73. The second-order valence-electron chi connectivity index (χ2n) is 7.20. The van der Waals surface area contributed by atoms with Crippen LogP contribution in [0, 0.1) is 19.7 Å². The molecule has 0 fully saturated rings. The number of anilines is 1. The van der Waals surface area contributed by atoms with E-state index in [1.165, 1.54) is 36.5 Å². The van der Waals surface area contributed by atoms with Gasteiger partial charge < -0.3 is 21.9 Å². The fourth-order valence-electron chi connectivity index (χ4n) is 2.81. The minimum absolute atomic E-state index is 0.0998. The molecular formula is C23H23FN6O2S. The zero-order valence-corrected chi connectivity index (χ0v) is 19.1. The van der Waals surface area contributed by atoms with Crippen molar-refractivity contribution in [1.82, 2.24) is 4.98 Å². The van der Waals surface area contributed by atoms with Crippen LogP contribution < -0.4 is 16.8 Å². The van der Waals surface area contributed by atoms with Crippen LogP contribution in [-0.2, 0) is 0 Å². The number of hydrogen-bond donors (Lipinski definition) is 4. The third-order valence-corrected chi connectivity index (χ3v) is 5.56. The summed E-state index contributed by atoms with van der Waals surface area (Å²) >= 11 is 1.07. The van der Waals surface area contributed by atoms with E-state index in [1.807, 2.05) is 6.92 Å². The average Bonchev–Trinajstić information content (AvgIpc) is 3.24. The molecule has 0 saturated heterocycles. The van der Waals surface area contributed by atoms with Crippen molar-refractivity contribution in [3.8, 4) is 5.75 Å². The van der Waals surface area contributed by atoms with Gasteiger partial charge in [-0.1, -0.05) is 17.4 Å². The topological polar surface area (TPSA) is 139 Å². The molecule has 1 amide bonds. The van der Waals surface area contributed by atoms with E-state index in [9.17, 15) is 14.3 Å². The summed E-state index contributed by atoms with van der Waals surface area (Å²) < 4.78 is 13.0. The van der Waals surface area contributed by atoms with Gasteiger partial charge in [-0.3, -0.25) is 4.79 Å². The first-order chi connectivity index (χ1) is 15.6. The average molecular weight is 467 g/mol. The van der Waals surface area contributed by atoms with Gasteiger partial charge in [0.1, 0.15) is 28.1 Å². The highest BCUT2D eigenvalue weighted by atomic mass is 32.1. The fourth-order valence-corrected chi connectivity index (χ4v) is 3.50. The number of aromatic hydroxyl groups is 1. The molecule has 0 radical (unpaired) electrons. The van der Waals surface area contributed by atoms with Crippen molar-refractivity contribution in [3.63, 3.8) is 0 Å². The van der Waals surface area contributed by atoms with Crippen molar-refractivity contribution in [2.75, 3.05) is 5.32 Å². The van der Waals surface area contributed by atoms with Crippen LogP contribution in [0.25, 0.3) is 0 Å². The van der Waals surface area contributed by atoms with E-state index in [-0.39, 0.29) is 29.1 Å². The van der Waals surface area contributed by atoms with Crippen LogP contribution in [0.15, 0.2) is 64.2 Å². The number of halogens is 1. The number of phenols is 1. The number of aliphatic imine (C=N–C) groups is 2. The lowest BCUT2D eigenvalue weighted by Crippen LogP contribution is -2.16. The first kappa shape index (κ1) is 23.6. The first-order valence-electron chi connectivity index (χ1n) is 9.83. The predicted molar refractivity (Wildman–Crippen MR) is 130 cm³/mol. The number of benzene rings is 2. The number of amidine groups is 2. The summed E-state index contributed by atoms with van der Waals surface area (Å²) in [5, 5.41) is 13.0. The van der Waals surface area contributed by atoms with Gasteiger partial charge >= 0.3 is 0 Å². The molecule has 170 valence electrons. The lowest BCUT2D eigenvalue weighted by atomic mass is 10.1. The minimum atomic E-state index is -0.368. The maximum absolute atomic E-state index is 13.0. The molecule has 33 heavy (non-hydrogen) atoms. The number of amides is 1. The third-order valence-electron chi connectivity index (χ3n) is 4.67. The van der Waals surface area contributed by atoms with E-state index in [1.54, 1.807) is 26.0 Å². The Kier molecular flexibility index (Phi) is 7.19. The van der Waals surface area contributed by atoms with Gasteiger partial charge in [-0.15, -0.1) is 0 Å². The van der Waals surface area contributed by atoms with Gasteiger partial charge in [-0.05, 0) is 68.3 Å². The van der Waals surface area contributed by atoms with Crippen LogP contribution >= 0.6 is 11.3 Å². The monoisotopic (exact) mass is 466 g/mol. The molecule has 0 bridgehead atoms. The molecule has 1 aromatic heterocycles. The van der Waals surface area contributed by atoms with Gasteiger partial charge in [-0.25, -0.2) is 19.4 Å². The quantitative estimate of drug-likeness (QED) is 0.313. The number of carbonyl (C=O) groups excluding carboxylic acids is 1. The second-order valence-corrected chi connectivity index (χ2v) is 8.21. The SMILES string of the molecule is CC(=C/C(N)=Nc1ccc(F)cc1)/C(N)=N\c1ncc(C(=O)Nc2c(C)ccc(O)c2C)s1. The Labute approximate surface area is 194 Å². The van der Waals surface area contributed by atoms with Gasteiger partial charge in [0.15, 0.2) is 0 Å². The molecule has 0 aliphatic carbocycles. The number of thiazole rings is 1. The van der Waals surface area contributed by atoms with E-state index in [4.69, 9.17) is 11.5 Å². The summed E-state index contributed by atoms with van der Waals surface area (Å²) in [6.07, 6.45) is 2.94. The van der Waals surface area contributed by atoms with E-state index < -0.39 is 0 Å². The molecule has 0 aliphatic heterocycles. The molecule has 3 rings (SSSR count). The standard InChI is InChI=1S/C23H23FN6O2S/c1-12-4-9-17(31)14(3)20(12)29-22(32)18-11-27-23(33-18)30-21(26)13(2)10-19(25)28-16-7-5-15(24)6-8-16/h4-11,31H,1-3H3,(H2,25,28)(H,29,32)(H2,26,27,30)/b13-10-. The van der Waals surface area contributed by atoms with Crippen LogP contribution in [0.4, 0.5) is 20.9 Å². The predicted octanol–water partition coefficient (Wildman–Crippen LogP) is 4.48. The van der Waals surface area contributed by atoms with Crippen LogP contribution in [0.3, 0.4) is 0 Å². The fraction of sp³-hybridized carbons (Fsp3) is 0.130. The Morgan fingerprint density at radius 3 is 2.55 bits per heavy atom. The smallest absolute Gasteiger partial charge is 0.267 e. The van der Waals surface area contributed by atoms with Gasteiger partial charge in [-0.2, -0.15) is 0 Å². The number of phenolic OH excluding ortho intramolecular Hbond substituents is 1. The number of carbonyl (C=O) groups is 1. The number of rotatable bonds is 6. The van der Waals surface area contributed by atoms with Crippen molar-refractivity contribution in [2.45, 2.75) is 20.8 Å². The van der Waals surface area contributed by atoms with Crippen LogP contribution in [0.1, 0.15) is 27.7 Å².